The summed E-state index contributed by atoms with van der Waals surface area (Å²) < 4.78 is 1.88. The first-order valence-electron chi connectivity index (χ1n) is 5.09. The molecular formula is C11H15N5. The lowest BCUT2D eigenvalue weighted by Gasteiger charge is -2.18. The lowest BCUT2D eigenvalue weighted by molar-refractivity contribution is 0.355. The molecule has 1 heterocycles. The highest BCUT2D eigenvalue weighted by Crippen LogP contribution is 2.12. The smallest absolute Gasteiger partial charge is 0.0646 e. The highest BCUT2D eigenvalue weighted by atomic mass is 15.3. The zero-order valence-corrected chi connectivity index (χ0v) is 9.80. The molecular weight excluding hydrogens is 202 g/mol. The molecule has 5 heteroatoms. The van der Waals surface area contributed by atoms with Crippen molar-refractivity contribution in [3.63, 3.8) is 0 Å². The Morgan fingerprint density at radius 2 is 2.31 bits per heavy atom. The van der Waals surface area contributed by atoms with Gasteiger partial charge in [0, 0.05) is 24.1 Å². The van der Waals surface area contributed by atoms with Gasteiger partial charge in [-0.25, -0.2) is 0 Å². The molecule has 16 heavy (non-hydrogen) atoms. The highest BCUT2D eigenvalue weighted by Gasteiger charge is 2.12. The third-order valence-corrected chi connectivity index (χ3v) is 1.90. The molecule has 0 amide bonds. The van der Waals surface area contributed by atoms with Crippen LogP contribution in [0.25, 0.3) is 10.4 Å². The second-order valence-electron chi connectivity index (χ2n) is 4.35. The minimum absolute atomic E-state index is 0.0228. The molecule has 1 rings (SSSR count). The zero-order valence-electron chi connectivity index (χ0n) is 9.80. The number of hydrogen-bond acceptors (Lipinski definition) is 2. The van der Waals surface area contributed by atoms with E-state index in [9.17, 15) is 0 Å². The molecule has 0 unspecified atom stereocenters. The van der Waals surface area contributed by atoms with Crippen LogP contribution in [0.5, 0.6) is 0 Å². The molecule has 0 bridgehead atoms. The Balaban J connectivity index is 2.62. The maximum atomic E-state index is 8.07. The average Bonchev–Trinajstić information content (AvgIpc) is 2.65. The fourth-order valence-electron chi connectivity index (χ4n) is 1.07. The molecule has 5 nitrogen and oxygen atoms in total. The van der Waals surface area contributed by atoms with Crippen LogP contribution in [0.4, 0.5) is 0 Å². The summed E-state index contributed by atoms with van der Waals surface area (Å²) in [6.45, 7) is 6.66. The number of hydrogen-bond donors (Lipinski definition) is 0. The van der Waals surface area contributed by atoms with Gasteiger partial charge in [0.2, 0.25) is 0 Å². The van der Waals surface area contributed by atoms with Crippen molar-refractivity contribution >= 4 is 0 Å². The van der Waals surface area contributed by atoms with Crippen molar-refractivity contribution in [1.29, 1.82) is 0 Å². The van der Waals surface area contributed by atoms with E-state index in [2.05, 4.69) is 47.7 Å². The molecule has 0 aliphatic rings. The van der Waals surface area contributed by atoms with Crippen LogP contribution in [0.1, 0.15) is 32.8 Å². The van der Waals surface area contributed by atoms with Crippen molar-refractivity contribution in [2.45, 2.75) is 32.7 Å². The summed E-state index contributed by atoms with van der Waals surface area (Å²) in [6, 6.07) is 0. The van der Waals surface area contributed by atoms with Crippen LogP contribution in [0.2, 0.25) is 0 Å². The fourth-order valence-corrected chi connectivity index (χ4v) is 1.07. The summed E-state index contributed by atoms with van der Waals surface area (Å²) >= 11 is 0. The number of azide groups is 1. The number of rotatable bonds is 2. The maximum Gasteiger partial charge on any atom is 0.0646 e. The van der Waals surface area contributed by atoms with E-state index < -0.39 is 0 Å². The first-order valence-corrected chi connectivity index (χ1v) is 5.09. The predicted molar refractivity (Wildman–Crippen MR) is 62.7 cm³/mol. The summed E-state index contributed by atoms with van der Waals surface area (Å²) in [4.78, 5) is 2.66. The molecule has 0 saturated heterocycles. The Kier molecular flexibility index (Phi) is 3.98. The zero-order chi connectivity index (χ0) is 12.0. The Morgan fingerprint density at radius 1 is 1.56 bits per heavy atom. The molecule has 1 aromatic heterocycles. The van der Waals surface area contributed by atoms with Gasteiger partial charge in [-0.1, -0.05) is 17.0 Å². The van der Waals surface area contributed by atoms with Crippen LogP contribution in [0.3, 0.4) is 0 Å². The van der Waals surface area contributed by atoms with Crippen LogP contribution in [-0.4, -0.2) is 16.3 Å². The first kappa shape index (κ1) is 12.2. The molecule has 0 spiro atoms. The molecule has 0 saturated carbocycles. The standard InChI is InChI=1S/C11H15N5/c1-11(2,3)16-9-10(8-14-16)6-4-5-7-13-15-12/h8-9H,5,7H2,1-3H3. The van der Waals surface area contributed by atoms with Crippen LogP contribution < -0.4 is 0 Å². The van der Waals surface area contributed by atoms with E-state index in [0.29, 0.717) is 13.0 Å². The lowest BCUT2D eigenvalue weighted by atomic mass is 10.1. The van der Waals surface area contributed by atoms with E-state index in [1.165, 1.54) is 0 Å². The molecule has 0 aliphatic carbocycles. The van der Waals surface area contributed by atoms with E-state index in [1.807, 2.05) is 10.9 Å². The SMILES string of the molecule is CC(C)(C)n1cc(C#CCCN=[N+]=[N-])cn1. The summed E-state index contributed by atoms with van der Waals surface area (Å²) in [7, 11) is 0. The van der Waals surface area contributed by atoms with Gasteiger partial charge in [0.05, 0.1) is 17.3 Å². The largest absolute Gasteiger partial charge is 0.266 e. The van der Waals surface area contributed by atoms with Crippen molar-refractivity contribution in [3.05, 3.63) is 28.4 Å². The molecule has 0 radical (unpaired) electrons. The normalized spacial score (nSPS) is 10.2. The summed E-state index contributed by atoms with van der Waals surface area (Å²) in [5, 5.41) is 7.64. The van der Waals surface area contributed by atoms with E-state index in [0.717, 1.165) is 5.56 Å². The van der Waals surface area contributed by atoms with Crippen molar-refractivity contribution in [2.75, 3.05) is 6.54 Å². The van der Waals surface area contributed by atoms with Gasteiger partial charge in [-0.2, -0.15) is 5.10 Å². The predicted octanol–water partition coefficient (Wildman–Crippen LogP) is 2.69. The fraction of sp³-hybridized carbons (Fsp3) is 0.545. The van der Waals surface area contributed by atoms with E-state index in [-0.39, 0.29) is 5.54 Å². The van der Waals surface area contributed by atoms with Crippen molar-refractivity contribution in [3.8, 4) is 11.8 Å². The Hall–Kier alpha value is -1.92. The number of nitrogens with zero attached hydrogens (tertiary/aromatic N) is 5. The second kappa shape index (κ2) is 5.24. The molecule has 1 aromatic rings. The van der Waals surface area contributed by atoms with Crippen LogP contribution in [-0.2, 0) is 5.54 Å². The van der Waals surface area contributed by atoms with Crippen LogP contribution in [0, 0.1) is 11.8 Å². The van der Waals surface area contributed by atoms with Crippen LogP contribution >= 0.6 is 0 Å². The summed E-state index contributed by atoms with van der Waals surface area (Å²) in [5.74, 6) is 5.91. The first-order chi connectivity index (χ1) is 7.54. The third kappa shape index (κ3) is 3.68. The van der Waals surface area contributed by atoms with E-state index in [4.69, 9.17) is 5.53 Å². The summed E-state index contributed by atoms with van der Waals surface area (Å²) in [5.41, 5.74) is 8.93. The van der Waals surface area contributed by atoms with Gasteiger partial charge >= 0.3 is 0 Å². The van der Waals surface area contributed by atoms with Gasteiger partial charge in [-0.15, -0.1) is 0 Å². The third-order valence-electron chi connectivity index (χ3n) is 1.90. The van der Waals surface area contributed by atoms with Crippen LogP contribution in [0.15, 0.2) is 17.5 Å². The van der Waals surface area contributed by atoms with Gasteiger partial charge in [-0.05, 0) is 26.3 Å². The van der Waals surface area contributed by atoms with Gasteiger partial charge in [0.25, 0.3) is 0 Å². The molecule has 0 aliphatic heterocycles. The van der Waals surface area contributed by atoms with Crippen molar-refractivity contribution in [1.82, 2.24) is 9.78 Å². The van der Waals surface area contributed by atoms with Crippen molar-refractivity contribution in [2.24, 2.45) is 5.11 Å². The van der Waals surface area contributed by atoms with Gasteiger partial charge < -0.3 is 0 Å². The van der Waals surface area contributed by atoms with E-state index >= 15 is 0 Å². The Bertz CT molecular complexity index is 449. The molecule has 0 aromatic carbocycles. The average molecular weight is 217 g/mol. The topological polar surface area (TPSA) is 66.6 Å². The van der Waals surface area contributed by atoms with Gasteiger partial charge in [0.15, 0.2) is 0 Å². The lowest BCUT2D eigenvalue weighted by Crippen LogP contribution is -2.21. The Morgan fingerprint density at radius 3 is 2.88 bits per heavy atom. The maximum absolute atomic E-state index is 8.07. The number of aromatic nitrogens is 2. The van der Waals surface area contributed by atoms with Crippen molar-refractivity contribution < 1.29 is 0 Å². The molecule has 0 fully saturated rings. The second-order valence-corrected chi connectivity index (χ2v) is 4.35. The van der Waals surface area contributed by atoms with Gasteiger partial charge in [-0.3, -0.25) is 4.68 Å². The van der Waals surface area contributed by atoms with E-state index in [1.54, 1.807) is 6.20 Å². The van der Waals surface area contributed by atoms with Gasteiger partial charge in [0.1, 0.15) is 0 Å². The Labute approximate surface area is 95.1 Å². The summed E-state index contributed by atoms with van der Waals surface area (Å²) in [6.07, 6.45) is 4.23. The molecule has 0 atom stereocenters. The highest BCUT2D eigenvalue weighted by molar-refractivity contribution is 5.29. The quantitative estimate of drug-likeness (QED) is 0.247. The minimum atomic E-state index is -0.0228. The minimum Gasteiger partial charge on any atom is -0.266 e. The monoisotopic (exact) mass is 217 g/mol. The molecule has 0 N–H and O–H groups in total. The molecule has 84 valence electrons.